The van der Waals surface area contributed by atoms with Crippen LogP contribution in [0.3, 0.4) is 0 Å². The number of methoxy groups -OCH3 is 1. The van der Waals surface area contributed by atoms with Gasteiger partial charge < -0.3 is 18.6 Å². The van der Waals surface area contributed by atoms with Gasteiger partial charge in [0.2, 0.25) is 5.82 Å². The number of carbonyl (C=O) groups excluding carboxylic acids is 1. The Morgan fingerprint density at radius 3 is 2.93 bits per heavy atom. The largest absolute Gasteiger partial charge is 0.451 e. The number of nitrogens with zero attached hydrogens (tertiary/aromatic N) is 5. The highest BCUT2D eigenvalue weighted by molar-refractivity contribution is 5.98. The average Bonchev–Trinajstić information content (AvgIpc) is 3.34. The molecule has 3 aromatic rings. The van der Waals surface area contributed by atoms with E-state index in [9.17, 15) is 10.1 Å². The monoisotopic (exact) mass is 407 g/mol. The number of ether oxygens (including phenoxy) is 2. The van der Waals surface area contributed by atoms with Crippen molar-refractivity contribution in [2.24, 2.45) is 0 Å². The molecule has 154 valence electrons. The second kappa shape index (κ2) is 9.62. The zero-order valence-corrected chi connectivity index (χ0v) is 17.0. The molecule has 0 aliphatic heterocycles. The fraction of sp³-hybridized carbons (Fsp3) is 0.286. The molecule has 0 aliphatic carbocycles. The minimum absolute atomic E-state index is 0.117. The van der Waals surface area contributed by atoms with Gasteiger partial charge in [-0.25, -0.2) is 4.79 Å². The molecule has 0 saturated heterocycles. The zero-order chi connectivity index (χ0) is 21.5. The van der Waals surface area contributed by atoms with Gasteiger partial charge in [0, 0.05) is 43.0 Å². The molecule has 0 unspecified atom stereocenters. The topological polar surface area (TPSA) is 116 Å². The van der Waals surface area contributed by atoms with Crippen LogP contribution in [0.25, 0.3) is 17.5 Å². The summed E-state index contributed by atoms with van der Waals surface area (Å²) in [6, 6.07) is 7.34. The molecular formula is C21H21N5O4. The first-order valence-electron chi connectivity index (χ1n) is 9.21. The second-order valence-corrected chi connectivity index (χ2v) is 6.47. The van der Waals surface area contributed by atoms with Crippen LogP contribution in [0.15, 0.2) is 40.7 Å². The first-order valence-corrected chi connectivity index (χ1v) is 9.21. The number of rotatable bonds is 8. The van der Waals surface area contributed by atoms with Gasteiger partial charge in [-0.1, -0.05) is 5.16 Å². The van der Waals surface area contributed by atoms with Crippen LogP contribution in [-0.4, -0.2) is 39.4 Å². The molecule has 0 bridgehead atoms. The average molecular weight is 407 g/mol. The number of hydrogen-bond acceptors (Lipinski definition) is 8. The third kappa shape index (κ3) is 4.79. The van der Waals surface area contributed by atoms with Gasteiger partial charge in [0.15, 0.2) is 6.61 Å². The minimum Gasteiger partial charge on any atom is -0.451 e. The summed E-state index contributed by atoms with van der Waals surface area (Å²) in [4.78, 5) is 20.5. The van der Waals surface area contributed by atoms with Crippen molar-refractivity contribution in [1.82, 2.24) is 19.7 Å². The first kappa shape index (κ1) is 21.0. The van der Waals surface area contributed by atoms with Crippen LogP contribution in [0.5, 0.6) is 0 Å². The molecule has 0 saturated carbocycles. The van der Waals surface area contributed by atoms with Crippen LogP contribution in [0.1, 0.15) is 22.8 Å². The molecule has 3 rings (SSSR count). The number of carbonyl (C=O) groups is 1. The van der Waals surface area contributed by atoms with Gasteiger partial charge in [0.05, 0.1) is 6.61 Å². The standard InChI is InChI=1S/C21H21N5O4/c1-14-9-17(15(2)26(14)7-8-28-3)10-18(11-22)21(27)29-13-19-24-20(25-30-19)16-5-4-6-23-12-16/h4-6,9-10,12H,7-8,13H2,1-3H3/b18-10-. The normalized spacial score (nSPS) is 11.3. The highest BCUT2D eigenvalue weighted by Crippen LogP contribution is 2.19. The summed E-state index contributed by atoms with van der Waals surface area (Å²) in [5.41, 5.74) is 3.28. The highest BCUT2D eigenvalue weighted by atomic mass is 16.6. The molecule has 0 spiro atoms. The summed E-state index contributed by atoms with van der Waals surface area (Å²) in [7, 11) is 1.64. The molecule has 0 N–H and O–H groups in total. The molecule has 30 heavy (non-hydrogen) atoms. The molecule has 3 heterocycles. The lowest BCUT2D eigenvalue weighted by Crippen LogP contribution is -2.08. The molecule has 3 aromatic heterocycles. The van der Waals surface area contributed by atoms with E-state index in [1.165, 1.54) is 6.08 Å². The Morgan fingerprint density at radius 1 is 1.40 bits per heavy atom. The van der Waals surface area contributed by atoms with E-state index in [1.54, 1.807) is 31.6 Å². The minimum atomic E-state index is -0.764. The maximum Gasteiger partial charge on any atom is 0.349 e. The number of pyridine rings is 1. The van der Waals surface area contributed by atoms with Gasteiger partial charge in [-0.15, -0.1) is 0 Å². The summed E-state index contributed by atoms with van der Waals surface area (Å²) >= 11 is 0. The Kier molecular flexibility index (Phi) is 6.72. The van der Waals surface area contributed by atoms with E-state index < -0.39 is 5.97 Å². The van der Waals surface area contributed by atoms with Crippen molar-refractivity contribution in [3.8, 4) is 17.5 Å². The highest BCUT2D eigenvalue weighted by Gasteiger charge is 2.16. The Labute approximate surface area is 173 Å². The molecule has 0 aromatic carbocycles. The lowest BCUT2D eigenvalue weighted by Gasteiger charge is -2.08. The van der Waals surface area contributed by atoms with Crippen molar-refractivity contribution >= 4 is 12.0 Å². The van der Waals surface area contributed by atoms with Gasteiger partial charge in [-0.3, -0.25) is 4.98 Å². The van der Waals surface area contributed by atoms with Crippen LogP contribution in [0, 0.1) is 25.2 Å². The molecule has 9 nitrogen and oxygen atoms in total. The van der Waals surface area contributed by atoms with Crippen LogP contribution in [0.4, 0.5) is 0 Å². The zero-order valence-electron chi connectivity index (χ0n) is 17.0. The van der Waals surface area contributed by atoms with Gasteiger partial charge in [-0.05, 0) is 43.7 Å². The Morgan fingerprint density at radius 2 is 2.23 bits per heavy atom. The lowest BCUT2D eigenvalue weighted by atomic mass is 10.1. The van der Waals surface area contributed by atoms with E-state index in [2.05, 4.69) is 19.7 Å². The number of hydrogen-bond donors (Lipinski definition) is 0. The predicted octanol–water partition coefficient (Wildman–Crippen LogP) is 2.85. The lowest BCUT2D eigenvalue weighted by molar-refractivity contribution is -0.140. The Bertz CT molecular complexity index is 1090. The SMILES string of the molecule is COCCn1c(C)cc(/C=C(/C#N)C(=O)OCc2nc(-c3cccnc3)no2)c1C. The van der Waals surface area contributed by atoms with Gasteiger partial charge in [-0.2, -0.15) is 10.2 Å². The molecule has 0 aliphatic rings. The van der Waals surface area contributed by atoms with Crippen molar-refractivity contribution in [2.45, 2.75) is 27.0 Å². The summed E-state index contributed by atoms with van der Waals surface area (Å²) in [6.45, 7) is 4.90. The van der Waals surface area contributed by atoms with E-state index in [0.29, 0.717) is 24.5 Å². The summed E-state index contributed by atoms with van der Waals surface area (Å²) in [5.74, 6) is -0.300. The molecule has 0 amide bonds. The van der Waals surface area contributed by atoms with Crippen molar-refractivity contribution in [3.05, 3.63) is 59.0 Å². The van der Waals surface area contributed by atoms with Gasteiger partial charge in [0.25, 0.3) is 5.89 Å². The van der Waals surface area contributed by atoms with Crippen LogP contribution in [0.2, 0.25) is 0 Å². The maximum atomic E-state index is 12.4. The predicted molar refractivity (Wildman–Crippen MR) is 107 cm³/mol. The van der Waals surface area contributed by atoms with E-state index in [-0.39, 0.29) is 18.1 Å². The quantitative estimate of drug-likeness (QED) is 0.318. The first-order chi connectivity index (χ1) is 14.5. The molecule has 0 radical (unpaired) electrons. The molecule has 0 atom stereocenters. The van der Waals surface area contributed by atoms with Crippen molar-refractivity contribution in [3.63, 3.8) is 0 Å². The van der Waals surface area contributed by atoms with Gasteiger partial charge >= 0.3 is 5.97 Å². The Balaban J connectivity index is 1.69. The van der Waals surface area contributed by atoms with Crippen LogP contribution >= 0.6 is 0 Å². The van der Waals surface area contributed by atoms with Crippen LogP contribution < -0.4 is 0 Å². The van der Waals surface area contributed by atoms with E-state index >= 15 is 0 Å². The number of aromatic nitrogens is 4. The molecular weight excluding hydrogens is 386 g/mol. The smallest absolute Gasteiger partial charge is 0.349 e. The van der Waals surface area contributed by atoms with E-state index in [1.807, 2.05) is 26.0 Å². The van der Waals surface area contributed by atoms with Crippen molar-refractivity contribution in [2.75, 3.05) is 13.7 Å². The van der Waals surface area contributed by atoms with Crippen molar-refractivity contribution < 1.29 is 18.8 Å². The summed E-state index contributed by atoms with van der Waals surface area (Å²) in [5, 5.41) is 13.2. The molecule has 0 fully saturated rings. The van der Waals surface area contributed by atoms with Crippen molar-refractivity contribution in [1.29, 1.82) is 5.26 Å². The number of esters is 1. The fourth-order valence-electron chi connectivity index (χ4n) is 2.92. The number of nitriles is 1. The maximum absolute atomic E-state index is 12.4. The van der Waals surface area contributed by atoms with Crippen LogP contribution in [-0.2, 0) is 27.4 Å². The summed E-state index contributed by atoms with van der Waals surface area (Å²) in [6.07, 6.45) is 4.75. The second-order valence-electron chi connectivity index (χ2n) is 6.47. The third-order valence-electron chi connectivity index (χ3n) is 4.49. The van der Waals surface area contributed by atoms with Gasteiger partial charge in [0.1, 0.15) is 11.6 Å². The van der Waals surface area contributed by atoms with E-state index in [4.69, 9.17) is 14.0 Å². The summed E-state index contributed by atoms with van der Waals surface area (Å²) < 4.78 is 17.5. The molecule has 9 heteroatoms. The van der Waals surface area contributed by atoms with E-state index in [0.717, 1.165) is 17.0 Å². The fourth-order valence-corrected chi connectivity index (χ4v) is 2.92. The Hall–Kier alpha value is -3.77. The number of aryl methyl sites for hydroxylation is 1. The third-order valence-corrected chi connectivity index (χ3v) is 4.49.